The second kappa shape index (κ2) is 4.31. The zero-order chi connectivity index (χ0) is 7.40. The number of hydrogen-bond acceptors (Lipinski definition) is 2. The molecule has 0 aromatic rings. The molecule has 0 saturated carbocycles. The van der Waals surface area contributed by atoms with Gasteiger partial charge in [-0.15, -0.1) is 0 Å². The Morgan fingerprint density at radius 2 is 2.50 bits per heavy atom. The van der Waals surface area contributed by atoms with Gasteiger partial charge in [0.15, 0.2) is 0 Å². The van der Waals surface area contributed by atoms with Crippen LogP contribution in [0.2, 0.25) is 0 Å². The van der Waals surface area contributed by atoms with Gasteiger partial charge < -0.3 is 4.74 Å². The van der Waals surface area contributed by atoms with Crippen molar-refractivity contribution >= 4 is 15.9 Å². The summed E-state index contributed by atoms with van der Waals surface area (Å²) in [7, 11) is 0. The van der Waals surface area contributed by atoms with E-state index in [0.29, 0.717) is 6.04 Å². The van der Waals surface area contributed by atoms with Gasteiger partial charge in [0.2, 0.25) is 0 Å². The molecule has 0 bridgehead atoms. The summed E-state index contributed by atoms with van der Waals surface area (Å²) in [5.41, 5.74) is 0. The fraction of sp³-hybridized carbons (Fsp3) is 1.00. The lowest BCUT2D eigenvalue weighted by Crippen LogP contribution is -2.44. The minimum absolute atomic E-state index is 0.603. The van der Waals surface area contributed by atoms with Gasteiger partial charge in [-0.1, -0.05) is 15.9 Å². The highest BCUT2D eigenvalue weighted by Crippen LogP contribution is 2.05. The van der Waals surface area contributed by atoms with E-state index in [-0.39, 0.29) is 0 Å². The van der Waals surface area contributed by atoms with Crippen LogP contribution < -0.4 is 0 Å². The van der Waals surface area contributed by atoms with E-state index >= 15 is 0 Å². The van der Waals surface area contributed by atoms with Crippen LogP contribution in [0.1, 0.15) is 6.92 Å². The van der Waals surface area contributed by atoms with Crippen molar-refractivity contribution in [1.82, 2.24) is 4.90 Å². The van der Waals surface area contributed by atoms with Gasteiger partial charge in [0, 0.05) is 24.5 Å². The predicted octanol–water partition coefficient (Wildman–Crippen LogP) is 1.10. The third-order valence-electron chi connectivity index (χ3n) is 1.88. The Kier molecular flexibility index (Phi) is 3.66. The highest BCUT2D eigenvalue weighted by Gasteiger charge is 2.16. The van der Waals surface area contributed by atoms with Crippen molar-refractivity contribution in [3.8, 4) is 0 Å². The topological polar surface area (TPSA) is 12.5 Å². The summed E-state index contributed by atoms with van der Waals surface area (Å²) >= 11 is 3.43. The van der Waals surface area contributed by atoms with E-state index in [1.54, 1.807) is 0 Å². The molecule has 1 aliphatic rings. The summed E-state index contributed by atoms with van der Waals surface area (Å²) in [5, 5.41) is 1.07. The van der Waals surface area contributed by atoms with Crippen molar-refractivity contribution in [2.45, 2.75) is 13.0 Å². The first-order valence-electron chi connectivity index (χ1n) is 3.72. The minimum Gasteiger partial charge on any atom is -0.379 e. The highest BCUT2D eigenvalue weighted by molar-refractivity contribution is 9.09. The first-order valence-corrected chi connectivity index (χ1v) is 4.84. The normalized spacial score (nSPS) is 28.8. The molecule has 0 aromatic carbocycles. The molecule has 0 N–H and O–H groups in total. The first-order chi connectivity index (χ1) is 4.84. The van der Waals surface area contributed by atoms with Crippen LogP contribution in [-0.2, 0) is 4.74 Å². The second-order valence-electron chi connectivity index (χ2n) is 2.65. The van der Waals surface area contributed by atoms with E-state index in [4.69, 9.17) is 4.74 Å². The Balaban J connectivity index is 2.25. The van der Waals surface area contributed by atoms with Crippen LogP contribution in [0.3, 0.4) is 0 Å². The van der Waals surface area contributed by atoms with E-state index < -0.39 is 0 Å². The summed E-state index contributed by atoms with van der Waals surface area (Å²) in [6, 6.07) is 0.603. The van der Waals surface area contributed by atoms with Gasteiger partial charge in [-0.25, -0.2) is 0 Å². The maximum Gasteiger partial charge on any atom is 0.0619 e. The van der Waals surface area contributed by atoms with Gasteiger partial charge in [0.1, 0.15) is 0 Å². The summed E-state index contributed by atoms with van der Waals surface area (Å²) in [4.78, 5) is 2.44. The number of halogens is 1. The lowest BCUT2D eigenvalue weighted by Gasteiger charge is -2.32. The minimum atomic E-state index is 0.603. The van der Waals surface area contributed by atoms with Crippen LogP contribution >= 0.6 is 15.9 Å². The molecule has 10 heavy (non-hydrogen) atoms. The average molecular weight is 208 g/mol. The van der Waals surface area contributed by atoms with E-state index in [1.807, 2.05) is 0 Å². The SMILES string of the molecule is C[C@@H]1COCCN1CCBr. The molecule has 3 heteroatoms. The molecule has 2 nitrogen and oxygen atoms in total. The van der Waals surface area contributed by atoms with Crippen molar-refractivity contribution < 1.29 is 4.74 Å². The molecule has 1 fully saturated rings. The maximum atomic E-state index is 5.30. The van der Waals surface area contributed by atoms with E-state index in [0.717, 1.165) is 31.6 Å². The molecule has 0 unspecified atom stereocenters. The lowest BCUT2D eigenvalue weighted by molar-refractivity contribution is 0.00311. The van der Waals surface area contributed by atoms with Crippen molar-refractivity contribution in [2.75, 3.05) is 31.6 Å². The highest BCUT2D eigenvalue weighted by atomic mass is 79.9. The van der Waals surface area contributed by atoms with Crippen LogP contribution in [0.25, 0.3) is 0 Å². The summed E-state index contributed by atoms with van der Waals surface area (Å²) < 4.78 is 5.30. The Bertz CT molecular complexity index is 97.6. The monoisotopic (exact) mass is 207 g/mol. The molecule has 0 aliphatic carbocycles. The van der Waals surface area contributed by atoms with E-state index in [2.05, 4.69) is 27.8 Å². The number of morpholine rings is 1. The Hall–Kier alpha value is 0.400. The van der Waals surface area contributed by atoms with Crippen LogP contribution in [0.15, 0.2) is 0 Å². The molecule has 1 atom stereocenters. The molecule has 1 saturated heterocycles. The number of hydrogen-bond donors (Lipinski definition) is 0. The number of nitrogens with zero attached hydrogens (tertiary/aromatic N) is 1. The molecule has 60 valence electrons. The van der Waals surface area contributed by atoms with Crippen LogP contribution in [0, 0.1) is 0 Å². The second-order valence-corrected chi connectivity index (χ2v) is 3.44. The number of alkyl halides is 1. The Morgan fingerprint density at radius 3 is 3.10 bits per heavy atom. The number of rotatable bonds is 2. The quantitative estimate of drug-likeness (QED) is 0.630. The number of ether oxygens (including phenoxy) is 1. The van der Waals surface area contributed by atoms with E-state index in [9.17, 15) is 0 Å². The van der Waals surface area contributed by atoms with Crippen LogP contribution in [0.5, 0.6) is 0 Å². The molecule has 0 aromatic heterocycles. The fourth-order valence-corrected chi connectivity index (χ4v) is 1.66. The maximum absolute atomic E-state index is 5.30. The fourth-order valence-electron chi connectivity index (χ4n) is 1.20. The zero-order valence-electron chi connectivity index (χ0n) is 6.35. The molecule has 1 aliphatic heterocycles. The van der Waals surface area contributed by atoms with Gasteiger partial charge in [-0.3, -0.25) is 4.90 Å². The smallest absolute Gasteiger partial charge is 0.0619 e. The Labute approximate surface area is 70.7 Å². The molecular weight excluding hydrogens is 194 g/mol. The predicted molar refractivity (Wildman–Crippen MR) is 45.6 cm³/mol. The molecule has 0 radical (unpaired) electrons. The standard InChI is InChI=1S/C7H14BrNO/c1-7-6-10-5-4-9(7)3-2-8/h7H,2-6H2,1H3/t7-/m1/s1. The van der Waals surface area contributed by atoms with Gasteiger partial charge in [-0.2, -0.15) is 0 Å². The average Bonchev–Trinajstić information content (AvgIpc) is 1.94. The van der Waals surface area contributed by atoms with Crippen molar-refractivity contribution in [3.63, 3.8) is 0 Å². The third-order valence-corrected chi connectivity index (χ3v) is 2.23. The van der Waals surface area contributed by atoms with Gasteiger partial charge in [0.25, 0.3) is 0 Å². The molecule has 0 spiro atoms. The lowest BCUT2D eigenvalue weighted by atomic mass is 10.2. The first kappa shape index (κ1) is 8.50. The summed E-state index contributed by atoms with van der Waals surface area (Å²) in [6.45, 7) is 6.24. The van der Waals surface area contributed by atoms with Gasteiger partial charge >= 0.3 is 0 Å². The van der Waals surface area contributed by atoms with Crippen molar-refractivity contribution in [3.05, 3.63) is 0 Å². The largest absolute Gasteiger partial charge is 0.379 e. The molecule has 1 heterocycles. The van der Waals surface area contributed by atoms with E-state index in [1.165, 1.54) is 0 Å². The van der Waals surface area contributed by atoms with Crippen LogP contribution in [0.4, 0.5) is 0 Å². The molecule has 1 rings (SSSR count). The summed E-state index contributed by atoms with van der Waals surface area (Å²) in [5.74, 6) is 0. The van der Waals surface area contributed by atoms with Gasteiger partial charge in [-0.05, 0) is 6.92 Å². The van der Waals surface area contributed by atoms with Gasteiger partial charge in [0.05, 0.1) is 13.2 Å². The Morgan fingerprint density at radius 1 is 1.70 bits per heavy atom. The summed E-state index contributed by atoms with van der Waals surface area (Å²) in [6.07, 6.45) is 0. The molecular formula is C7H14BrNO. The van der Waals surface area contributed by atoms with Crippen molar-refractivity contribution in [2.24, 2.45) is 0 Å². The zero-order valence-corrected chi connectivity index (χ0v) is 7.93. The van der Waals surface area contributed by atoms with Crippen molar-refractivity contribution in [1.29, 1.82) is 0 Å². The van der Waals surface area contributed by atoms with Crippen LogP contribution in [-0.4, -0.2) is 42.6 Å². The third kappa shape index (κ3) is 2.22. The molecule has 0 amide bonds.